The van der Waals surface area contributed by atoms with E-state index in [-0.39, 0.29) is 23.2 Å². The fraction of sp³-hybridized carbons (Fsp3) is 0.133. The predicted octanol–water partition coefficient (Wildman–Crippen LogP) is 2.10. The maximum absolute atomic E-state index is 12.9. The Kier molecular flexibility index (Phi) is 2.63. The number of hydrogen-bond acceptors (Lipinski definition) is 6. The van der Waals surface area contributed by atoms with E-state index in [0.717, 1.165) is 4.47 Å². The number of rotatable bonds is 0. The summed E-state index contributed by atoms with van der Waals surface area (Å²) in [6.45, 7) is 1.67. The highest BCUT2D eigenvalue weighted by molar-refractivity contribution is 9.10. The number of nitrogens with one attached hydrogen (secondary N) is 2. The third kappa shape index (κ3) is 1.57. The van der Waals surface area contributed by atoms with E-state index in [2.05, 4.69) is 37.6 Å². The lowest BCUT2D eigenvalue weighted by Crippen LogP contribution is -2.43. The monoisotopic (exact) mass is 371 g/mol. The van der Waals surface area contributed by atoms with Gasteiger partial charge in [0, 0.05) is 22.6 Å². The summed E-state index contributed by atoms with van der Waals surface area (Å²) in [6, 6.07) is 7.43. The molecule has 3 heterocycles. The van der Waals surface area contributed by atoms with Gasteiger partial charge >= 0.3 is 0 Å². The van der Waals surface area contributed by atoms with Crippen LogP contribution < -0.4 is 16.4 Å². The van der Waals surface area contributed by atoms with Crippen molar-refractivity contribution in [2.45, 2.75) is 12.3 Å². The molecule has 2 aromatic rings. The van der Waals surface area contributed by atoms with Crippen LogP contribution in [-0.4, -0.2) is 10.9 Å². The third-order valence-electron chi connectivity index (χ3n) is 4.07. The summed E-state index contributed by atoms with van der Waals surface area (Å²) in [6.07, 6.45) is 0. The van der Waals surface area contributed by atoms with Gasteiger partial charge in [-0.2, -0.15) is 5.26 Å². The van der Waals surface area contributed by atoms with E-state index < -0.39 is 5.41 Å². The number of carbonyl (C=O) groups excluding carboxylic acids is 1. The number of carbonyl (C=O) groups is 1. The van der Waals surface area contributed by atoms with Crippen molar-refractivity contribution >= 4 is 33.4 Å². The first-order valence-corrected chi connectivity index (χ1v) is 7.54. The number of nitriles is 1. The topological polar surface area (TPSA) is 117 Å². The zero-order chi connectivity index (χ0) is 16.4. The minimum atomic E-state index is -1.41. The van der Waals surface area contributed by atoms with Crippen molar-refractivity contribution in [3.8, 4) is 6.07 Å². The first-order chi connectivity index (χ1) is 11.0. The summed E-state index contributed by atoms with van der Waals surface area (Å²) in [5.74, 6) is 0.368. The van der Waals surface area contributed by atoms with Gasteiger partial charge in [0.25, 0.3) is 0 Å². The van der Waals surface area contributed by atoms with Gasteiger partial charge in [0.2, 0.25) is 11.8 Å². The number of oxazole rings is 1. The standard InChI is InChI=1S/C15H10BrN5O2/c1-6-19-11-13(23-6)21-12(18)9(5-17)15(11)8-4-7(16)2-3-10(8)20-14(15)22/h2-4,21H,18H2,1H3,(H,20,22). The second-order valence-corrected chi connectivity index (χ2v) is 6.25. The van der Waals surface area contributed by atoms with Crippen LogP contribution in [0.25, 0.3) is 0 Å². The van der Waals surface area contributed by atoms with Crippen LogP contribution in [0.3, 0.4) is 0 Å². The van der Waals surface area contributed by atoms with Crippen LogP contribution in [0.1, 0.15) is 17.1 Å². The van der Waals surface area contributed by atoms with Crippen molar-refractivity contribution < 1.29 is 9.21 Å². The highest BCUT2D eigenvalue weighted by Gasteiger charge is 2.58. The van der Waals surface area contributed by atoms with Crippen LogP contribution in [0.5, 0.6) is 0 Å². The number of aryl methyl sites for hydroxylation is 1. The number of halogens is 1. The average Bonchev–Trinajstić information content (AvgIpc) is 2.99. The molecule has 1 unspecified atom stereocenters. The van der Waals surface area contributed by atoms with Crippen molar-refractivity contribution in [2.75, 3.05) is 10.6 Å². The van der Waals surface area contributed by atoms with Crippen molar-refractivity contribution in [3.63, 3.8) is 0 Å². The molecule has 0 saturated heterocycles. The summed E-state index contributed by atoms with van der Waals surface area (Å²) in [4.78, 5) is 17.3. The van der Waals surface area contributed by atoms with Gasteiger partial charge in [-0.25, -0.2) is 4.98 Å². The molecule has 114 valence electrons. The quantitative estimate of drug-likeness (QED) is 0.652. The van der Waals surface area contributed by atoms with Crippen LogP contribution >= 0.6 is 15.9 Å². The number of fused-ring (bicyclic) bond motifs is 4. The highest BCUT2D eigenvalue weighted by Crippen LogP contribution is 2.52. The van der Waals surface area contributed by atoms with Crippen molar-refractivity contribution in [1.82, 2.24) is 4.98 Å². The summed E-state index contributed by atoms with van der Waals surface area (Å²) in [7, 11) is 0. The van der Waals surface area contributed by atoms with E-state index in [1.54, 1.807) is 19.1 Å². The van der Waals surface area contributed by atoms with Gasteiger partial charge in [-0.05, 0) is 18.2 Å². The van der Waals surface area contributed by atoms with E-state index in [4.69, 9.17) is 10.2 Å². The molecule has 7 nitrogen and oxygen atoms in total. The molecule has 2 aliphatic heterocycles. The number of nitrogens with zero attached hydrogens (tertiary/aromatic N) is 2. The molecule has 0 saturated carbocycles. The zero-order valence-corrected chi connectivity index (χ0v) is 13.5. The number of nitrogens with two attached hydrogens (primary N) is 1. The smallest absolute Gasteiger partial charge is 0.246 e. The molecule has 1 aromatic carbocycles. The van der Waals surface area contributed by atoms with E-state index in [9.17, 15) is 10.1 Å². The maximum atomic E-state index is 12.9. The summed E-state index contributed by atoms with van der Waals surface area (Å²) in [5.41, 5.74) is 6.27. The Hall–Kier alpha value is -2.79. The lowest BCUT2D eigenvalue weighted by molar-refractivity contribution is -0.118. The molecule has 0 fully saturated rings. The van der Waals surface area contributed by atoms with Gasteiger partial charge in [-0.15, -0.1) is 0 Å². The molecule has 8 heteroatoms. The Balaban J connectivity index is 2.16. The summed E-state index contributed by atoms with van der Waals surface area (Å²) in [5, 5.41) is 15.3. The van der Waals surface area contributed by atoms with Gasteiger partial charge in [0.05, 0.1) is 5.57 Å². The molecule has 0 bridgehead atoms. The number of benzene rings is 1. The fourth-order valence-corrected chi connectivity index (χ4v) is 3.53. The lowest BCUT2D eigenvalue weighted by atomic mass is 9.71. The average molecular weight is 372 g/mol. The Morgan fingerprint density at radius 2 is 2.22 bits per heavy atom. The van der Waals surface area contributed by atoms with Gasteiger partial charge in [0.15, 0.2) is 11.3 Å². The summed E-state index contributed by atoms with van der Waals surface area (Å²) < 4.78 is 6.29. The van der Waals surface area contributed by atoms with Crippen molar-refractivity contribution in [3.05, 3.63) is 51.2 Å². The molecule has 2 aliphatic rings. The molecule has 4 rings (SSSR count). The minimum Gasteiger partial charge on any atom is -0.425 e. The van der Waals surface area contributed by atoms with Crippen LogP contribution in [-0.2, 0) is 10.2 Å². The lowest BCUT2D eigenvalue weighted by Gasteiger charge is -2.30. The molecule has 4 N–H and O–H groups in total. The zero-order valence-electron chi connectivity index (χ0n) is 11.9. The molecule has 1 amide bonds. The molecular weight excluding hydrogens is 362 g/mol. The summed E-state index contributed by atoms with van der Waals surface area (Å²) >= 11 is 3.41. The van der Waals surface area contributed by atoms with Crippen molar-refractivity contribution in [1.29, 1.82) is 5.26 Å². The van der Waals surface area contributed by atoms with Crippen molar-refractivity contribution in [2.24, 2.45) is 5.73 Å². The van der Waals surface area contributed by atoms with E-state index in [1.807, 2.05) is 6.07 Å². The van der Waals surface area contributed by atoms with E-state index in [1.165, 1.54) is 0 Å². The Morgan fingerprint density at radius 3 is 2.96 bits per heavy atom. The molecule has 0 aliphatic carbocycles. The van der Waals surface area contributed by atoms with Gasteiger partial charge in [-0.3, -0.25) is 4.79 Å². The van der Waals surface area contributed by atoms with Crippen LogP contribution in [0.15, 0.2) is 38.5 Å². The Morgan fingerprint density at radius 1 is 1.43 bits per heavy atom. The maximum Gasteiger partial charge on any atom is 0.246 e. The molecule has 1 spiro atoms. The molecule has 1 atom stereocenters. The number of aromatic nitrogens is 1. The normalized spacial score (nSPS) is 21.5. The van der Waals surface area contributed by atoms with Gasteiger partial charge in [0.1, 0.15) is 17.6 Å². The van der Waals surface area contributed by atoms with E-state index in [0.29, 0.717) is 22.8 Å². The predicted molar refractivity (Wildman–Crippen MR) is 85.2 cm³/mol. The Labute approximate surface area is 139 Å². The van der Waals surface area contributed by atoms with Crippen LogP contribution in [0.2, 0.25) is 0 Å². The number of amides is 1. The number of hydrogen-bond donors (Lipinski definition) is 3. The van der Waals surface area contributed by atoms with Crippen LogP contribution in [0, 0.1) is 18.3 Å². The number of anilines is 2. The molecule has 1 aromatic heterocycles. The fourth-order valence-electron chi connectivity index (χ4n) is 3.17. The molecule has 23 heavy (non-hydrogen) atoms. The van der Waals surface area contributed by atoms with Crippen LogP contribution in [0.4, 0.5) is 11.6 Å². The SMILES string of the molecule is Cc1nc2c(o1)NC(N)=C(C#N)C21C(=O)Nc2ccc(Br)cc21. The second kappa shape index (κ2) is 4.36. The van der Waals surface area contributed by atoms with Gasteiger partial charge in [-0.1, -0.05) is 15.9 Å². The Bertz CT molecular complexity index is 955. The van der Waals surface area contributed by atoms with Gasteiger partial charge < -0.3 is 20.8 Å². The first-order valence-electron chi connectivity index (χ1n) is 6.75. The minimum absolute atomic E-state index is 0.0825. The van der Waals surface area contributed by atoms with E-state index >= 15 is 0 Å². The molecular formula is C15H10BrN5O2. The molecule has 0 radical (unpaired) electrons. The third-order valence-corrected chi connectivity index (χ3v) is 4.56. The highest BCUT2D eigenvalue weighted by atomic mass is 79.9. The largest absolute Gasteiger partial charge is 0.425 e. The second-order valence-electron chi connectivity index (χ2n) is 5.33. The first kappa shape index (κ1) is 13.8.